The van der Waals surface area contributed by atoms with Crippen molar-refractivity contribution in [2.45, 2.75) is 91.3 Å². The van der Waals surface area contributed by atoms with Gasteiger partial charge in [-0.1, -0.05) is 93.4 Å². The van der Waals surface area contributed by atoms with E-state index >= 15 is 0 Å². The van der Waals surface area contributed by atoms with Gasteiger partial charge in [-0.05, 0) is 72.8 Å². The number of furan rings is 1. The van der Waals surface area contributed by atoms with Gasteiger partial charge in [-0.15, -0.1) is 54.1 Å². The molecule has 2 aromatic carbocycles. The van der Waals surface area contributed by atoms with Crippen LogP contribution >= 0.6 is 0 Å². The minimum absolute atomic E-state index is 0. The third-order valence-electron chi connectivity index (χ3n) is 9.70. The molecule has 4 heterocycles. The molecule has 1 aliphatic rings. The molecule has 0 atom stereocenters. The first-order valence-electron chi connectivity index (χ1n) is 17.4. The Balaban J connectivity index is 0.000000186. The zero-order chi connectivity index (χ0) is 33.0. The van der Waals surface area contributed by atoms with E-state index in [1.165, 1.54) is 37.7 Å². The van der Waals surface area contributed by atoms with Gasteiger partial charge in [0.05, 0.1) is 13.7 Å². The summed E-state index contributed by atoms with van der Waals surface area (Å²) in [5, 5.41) is 3.64. The Morgan fingerprint density at radius 2 is 1.67 bits per heavy atom. The Bertz CT molecular complexity index is 1950. The van der Waals surface area contributed by atoms with E-state index in [9.17, 15) is 0 Å². The first-order valence-corrected chi connectivity index (χ1v) is 20.9. The number of pyridine rings is 3. The van der Waals surface area contributed by atoms with Crippen LogP contribution in [0.2, 0.25) is 19.6 Å². The van der Waals surface area contributed by atoms with Gasteiger partial charge < -0.3 is 14.4 Å². The molecule has 0 aliphatic heterocycles. The molecular formula is C42H47IrN3OSi-2. The third kappa shape index (κ3) is 8.05. The normalized spacial score (nSPS) is 13.5. The van der Waals surface area contributed by atoms with Gasteiger partial charge in [0.25, 0.3) is 0 Å². The first kappa shape index (κ1) is 35.9. The molecule has 4 aromatic heterocycles. The maximum Gasteiger partial charge on any atom is 0.216 e. The molecule has 0 spiro atoms. The largest absolute Gasteiger partial charge is 0.486 e. The van der Waals surface area contributed by atoms with Crippen LogP contribution in [0.1, 0.15) is 75.1 Å². The van der Waals surface area contributed by atoms with Crippen molar-refractivity contribution in [2.24, 2.45) is 5.92 Å². The summed E-state index contributed by atoms with van der Waals surface area (Å²) in [6.45, 7) is 13.7. The van der Waals surface area contributed by atoms with Crippen LogP contribution in [0.25, 0.3) is 44.6 Å². The van der Waals surface area contributed by atoms with E-state index in [4.69, 9.17) is 9.40 Å². The molecule has 6 aromatic rings. The number of fused-ring (bicyclic) bond motifs is 3. The number of benzene rings is 2. The minimum Gasteiger partial charge on any atom is -0.486 e. The molecule has 0 N–H and O–H groups in total. The van der Waals surface area contributed by atoms with Gasteiger partial charge in [0.2, 0.25) is 5.71 Å². The molecule has 4 nitrogen and oxygen atoms in total. The first-order chi connectivity index (χ1) is 22.7. The zero-order valence-electron chi connectivity index (χ0n) is 29.2. The van der Waals surface area contributed by atoms with Crippen molar-refractivity contribution in [1.29, 1.82) is 0 Å². The Labute approximate surface area is 301 Å². The summed E-state index contributed by atoms with van der Waals surface area (Å²) in [6, 6.07) is 29.5. The van der Waals surface area contributed by atoms with Crippen LogP contribution in [0.4, 0.5) is 0 Å². The topological polar surface area (TPSA) is 51.8 Å². The molecule has 0 bridgehead atoms. The Morgan fingerprint density at radius 1 is 0.875 bits per heavy atom. The smallest absolute Gasteiger partial charge is 0.216 e. The molecule has 1 fully saturated rings. The second kappa shape index (κ2) is 15.8. The van der Waals surface area contributed by atoms with Crippen LogP contribution < -0.4 is 5.19 Å². The van der Waals surface area contributed by atoms with Crippen molar-refractivity contribution in [3.8, 4) is 22.5 Å². The monoisotopic (exact) mass is 830 g/mol. The number of aromatic nitrogens is 3. The van der Waals surface area contributed by atoms with Crippen molar-refractivity contribution >= 4 is 35.3 Å². The van der Waals surface area contributed by atoms with E-state index < -0.39 is 8.07 Å². The van der Waals surface area contributed by atoms with E-state index in [1.54, 1.807) is 10.8 Å². The molecule has 1 aliphatic carbocycles. The van der Waals surface area contributed by atoms with Gasteiger partial charge in [0.15, 0.2) is 0 Å². The fourth-order valence-electron chi connectivity index (χ4n) is 7.07. The predicted molar refractivity (Wildman–Crippen MR) is 199 cm³/mol. The second-order valence-corrected chi connectivity index (χ2v) is 19.1. The van der Waals surface area contributed by atoms with Crippen molar-refractivity contribution in [3.05, 3.63) is 108 Å². The quantitative estimate of drug-likeness (QED) is 0.113. The summed E-state index contributed by atoms with van der Waals surface area (Å²) in [6.07, 6.45) is 13.2. The molecule has 1 saturated carbocycles. The van der Waals surface area contributed by atoms with Gasteiger partial charge >= 0.3 is 0 Å². The molecular weight excluding hydrogens is 783 g/mol. The van der Waals surface area contributed by atoms with Crippen LogP contribution in [0.15, 0.2) is 83.5 Å². The van der Waals surface area contributed by atoms with Gasteiger partial charge in [0.1, 0.15) is 0 Å². The second-order valence-electron chi connectivity index (χ2n) is 14.1. The summed E-state index contributed by atoms with van der Waals surface area (Å²) in [4.78, 5) is 13.9. The summed E-state index contributed by atoms with van der Waals surface area (Å²) in [7, 11) is -1.35. The molecule has 6 heteroatoms. The number of rotatable bonds is 8. The van der Waals surface area contributed by atoms with E-state index in [2.05, 4.69) is 98.2 Å². The molecule has 1 radical (unpaired) electrons. The molecule has 0 unspecified atom stereocenters. The van der Waals surface area contributed by atoms with Crippen LogP contribution in [-0.2, 0) is 26.5 Å². The van der Waals surface area contributed by atoms with Crippen molar-refractivity contribution in [1.82, 2.24) is 15.0 Å². The van der Waals surface area contributed by atoms with E-state index in [-0.39, 0.29) is 20.1 Å². The van der Waals surface area contributed by atoms with Gasteiger partial charge in [-0.2, -0.15) is 0 Å². The molecule has 48 heavy (non-hydrogen) atoms. The van der Waals surface area contributed by atoms with Crippen LogP contribution in [0, 0.1) is 25.0 Å². The van der Waals surface area contributed by atoms with Crippen LogP contribution in [0.5, 0.6) is 0 Å². The summed E-state index contributed by atoms with van der Waals surface area (Å²) in [5.41, 5.74) is 9.31. The fraction of sp³-hybridized carbons (Fsp3) is 0.357. The van der Waals surface area contributed by atoms with E-state index in [1.807, 2.05) is 43.5 Å². The Morgan fingerprint density at radius 3 is 2.38 bits per heavy atom. The summed E-state index contributed by atoms with van der Waals surface area (Å²) >= 11 is 0. The van der Waals surface area contributed by atoms with Crippen LogP contribution in [-0.4, -0.2) is 23.0 Å². The number of hydrogen-bond donors (Lipinski definition) is 0. The molecule has 0 amide bonds. The summed E-state index contributed by atoms with van der Waals surface area (Å²) < 4.78 is 6.09. The standard InChI is InChI=1S/C22H21N2O.C20H26NSi.Ir/c1-4-15(5-2)16-11-12-23-20(13-16)19-8-6-7-17-18-10-9-14(3)24-22(18)25-21(17)19;1-22(2,3)20-15-21-19(17-11-5-4-6-12-17)14-18(20)13-16-9-7-8-10-16;/h6-7,9-13,15H,4-5H2,1-3H3;4-6,11,14-16H,7-10,13H2,1-3H3;/q2*-1;. The molecule has 0 saturated heterocycles. The molecule has 251 valence electrons. The third-order valence-corrected chi connectivity index (χ3v) is 11.8. The number of hydrogen-bond acceptors (Lipinski definition) is 4. The average Bonchev–Trinajstić information content (AvgIpc) is 3.73. The maximum atomic E-state index is 6.09. The fourth-order valence-corrected chi connectivity index (χ4v) is 8.66. The minimum atomic E-state index is -1.35. The molecule has 7 rings (SSSR count). The van der Waals surface area contributed by atoms with Gasteiger partial charge in [-0.3, -0.25) is 0 Å². The average molecular weight is 830 g/mol. The predicted octanol–water partition coefficient (Wildman–Crippen LogP) is 10.9. The van der Waals surface area contributed by atoms with Crippen molar-refractivity contribution in [2.75, 3.05) is 0 Å². The maximum absolute atomic E-state index is 6.09. The van der Waals surface area contributed by atoms with Crippen molar-refractivity contribution < 1.29 is 24.5 Å². The number of aryl methyl sites for hydroxylation is 1. The Kier molecular flexibility index (Phi) is 11.8. The number of nitrogens with zero attached hydrogens (tertiary/aromatic N) is 3. The van der Waals surface area contributed by atoms with Crippen molar-refractivity contribution in [3.63, 3.8) is 0 Å². The van der Waals surface area contributed by atoms with Crippen LogP contribution in [0.3, 0.4) is 0 Å². The zero-order valence-corrected chi connectivity index (χ0v) is 32.6. The SMILES string of the molecule is CCC(CC)c1ccnc(-c2[c-]ccc3c2oc2nc(C)ccc23)c1.C[Si](C)(C)c1cnc(-c2[c-]cccc2)cc1CC1CCCC1.[Ir]. The van der Waals surface area contributed by atoms with E-state index in [0.29, 0.717) is 11.6 Å². The van der Waals surface area contributed by atoms with E-state index in [0.717, 1.165) is 63.3 Å². The van der Waals surface area contributed by atoms with Gasteiger partial charge in [-0.25, -0.2) is 4.98 Å². The Hall–Kier alpha value is -3.44. The summed E-state index contributed by atoms with van der Waals surface area (Å²) in [5.74, 6) is 1.44. The van der Waals surface area contributed by atoms with Gasteiger partial charge in [0, 0.05) is 43.6 Å².